The van der Waals surface area contributed by atoms with Crippen LogP contribution in [0.25, 0.3) is 5.65 Å². The number of carbonyl (C=O) groups is 1. The largest absolute Gasteiger partial charge is 1.00 e. The quantitative estimate of drug-likeness (QED) is 0.467. The molecule has 6 nitrogen and oxygen atoms in total. The van der Waals surface area contributed by atoms with E-state index < -0.39 is 5.97 Å². The molecule has 7 heteroatoms. The Hall–Kier alpha value is -1.51. The average molecular weight is 186 g/mol. The van der Waals surface area contributed by atoms with Gasteiger partial charge in [-0.05, 0) is 6.07 Å². The van der Waals surface area contributed by atoms with Crippen molar-refractivity contribution in [2.75, 3.05) is 5.73 Å². The fraction of sp³-hybridized carbons (Fsp3) is 0. The summed E-state index contributed by atoms with van der Waals surface area (Å²) in [6.07, 6.45) is 3.08. The summed E-state index contributed by atoms with van der Waals surface area (Å²) in [6.45, 7) is 0. The van der Waals surface area contributed by atoms with Crippen LogP contribution < -0.4 is 24.6 Å². The molecule has 0 saturated heterocycles. The number of nitrogens with zero attached hydrogens (tertiary/aromatic N) is 3. The van der Waals surface area contributed by atoms with Crippen molar-refractivity contribution in [1.82, 2.24) is 14.6 Å². The number of fused-ring (bicyclic) bond motifs is 1. The number of nitrogens with two attached hydrogens (primary N) is 1. The van der Waals surface area contributed by atoms with Gasteiger partial charge in [-0.3, -0.25) is 0 Å². The minimum Gasteiger partial charge on any atom is -1.00 e. The summed E-state index contributed by atoms with van der Waals surface area (Å²) in [6, 6.07) is 1.64. The molecule has 0 atom stereocenters. The van der Waals surface area contributed by atoms with Crippen molar-refractivity contribution in [3.63, 3.8) is 0 Å². The molecule has 0 aromatic carbocycles. The van der Waals surface area contributed by atoms with Crippen molar-refractivity contribution in [2.45, 2.75) is 0 Å². The SMILES string of the molecule is Nc1nn2cccnc2c1C(=O)O.[H-].[Li+]. The van der Waals surface area contributed by atoms with Crippen LogP contribution in [-0.4, -0.2) is 25.7 Å². The zero-order valence-corrected chi connectivity index (χ0v) is 7.51. The van der Waals surface area contributed by atoms with Gasteiger partial charge in [0, 0.05) is 12.4 Å². The van der Waals surface area contributed by atoms with E-state index in [1.165, 1.54) is 10.7 Å². The molecule has 0 saturated carbocycles. The molecule has 2 rings (SSSR count). The van der Waals surface area contributed by atoms with Gasteiger partial charge < -0.3 is 12.3 Å². The minimum atomic E-state index is -1.12. The van der Waals surface area contributed by atoms with E-state index in [4.69, 9.17) is 10.8 Å². The summed E-state index contributed by atoms with van der Waals surface area (Å²) in [5.74, 6) is -1.14. The van der Waals surface area contributed by atoms with Gasteiger partial charge in [0.2, 0.25) is 0 Å². The number of hydrogen-bond acceptors (Lipinski definition) is 4. The van der Waals surface area contributed by atoms with Crippen LogP contribution >= 0.6 is 0 Å². The molecule has 0 aliphatic heterocycles. The Morgan fingerprint density at radius 3 is 3.00 bits per heavy atom. The van der Waals surface area contributed by atoms with Crippen molar-refractivity contribution < 1.29 is 30.2 Å². The van der Waals surface area contributed by atoms with E-state index in [1.54, 1.807) is 12.3 Å². The fourth-order valence-corrected chi connectivity index (χ4v) is 1.11. The third-order valence-corrected chi connectivity index (χ3v) is 1.64. The van der Waals surface area contributed by atoms with E-state index in [0.717, 1.165) is 0 Å². The molecule has 0 amide bonds. The van der Waals surface area contributed by atoms with Gasteiger partial charge in [-0.25, -0.2) is 14.3 Å². The number of carboxylic acids is 1. The number of aromatic carboxylic acids is 1. The molecule has 2 heterocycles. The average Bonchev–Trinajstić information content (AvgIpc) is 2.39. The second kappa shape index (κ2) is 3.70. The molecule has 2 aromatic heterocycles. The molecule has 0 aliphatic rings. The Labute approximate surface area is 92.4 Å². The normalized spacial score (nSPS) is 9.71. The Bertz CT molecular complexity index is 487. The van der Waals surface area contributed by atoms with Crippen LogP contribution in [0.1, 0.15) is 11.8 Å². The van der Waals surface area contributed by atoms with Gasteiger partial charge in [-0.1, -0.05) is 0 Å². The van der Waals surface area contributed by atoms with Gasteiger partial charge in [0.05, 0.1) is 0 Å². The molecular formula is C7H7LiN4O2. The summed E-state index contributed by atoms with van der Waals surface area (Å²) in [4.78, 5) is 14.6. The second-order valence-corrected chi connectivity index (χ2v) is 2.45. The summed E-state index contributed by atoms with van der Waals surface area (Å²) < 4.78 is 1.33. The van der Waals surface area contributed by atoms with Crippen LogP contribution in [0.4, 0.5) is 5.82 Å². The number of nitrogen functional groups attached to an aromatic ring is 1. The number of aromatic nitrogens is 3. The molecule has 0 aliphatic carbocycles. The standard InChI is InChI=1S/C7H6N4O2.Li.H/c8-5-4(7(12)13)6-9-2-1-3-11(6)10-5;;/h1-3H,(H2,8,10)(H,12,13);;/q;+1;-1. The molecule has 68 valence electrons. The minimum absolute atomic E-state index is 0. The summed E-state index contributed by atoms with van der Waals surface area (Å²) in [7, 11) is 0. The van der Waals surface area contributed by atoms with Crippen LogP contribution in [0.15, 0.2) is 18.5 Å². The Kier molecular flexibility index (Phi) is 2.79. The van der Waals surface area contributed by atoms with Gasteiger partial charge in [0.1, 0.15) is 5.56 Å². The van der Waals surface area contributed by atoms with Crippen molar-refractivity contribution >= 4 is 17.4 Å². The maximum Gasteiger partial charge on any atom is 1.00 e. The molecule has 3 N–H and O–H groups in total. The van der Waals surface area contributed by atoms with Gasteiger partial charge >= 0.3 is 24.8 Å². The van der Waals surface area contributed by atoms with E-state index in [1.807, 2.05) is 0 Å². The summed E-state index contributed by atoms with van der Waals surface area (Å²) >= 11 is 0. The van der Waals surface area contributed by atoms with Crippen LogP contribution in [-0.2, 0) is 0 Å². The van der Waals surface area contributed by atoms with Crippen LogP contribution in [0.5, 0.6) is 0 Å². The van der Waals surface area contributed by atoms with Gasteiger partial charge in [-0.15, -0.1) is 5.10 Å². The number of hydrogen-bond donors (Lipinski definition) is 2. The topological polar surface area (TPSA) is 93.5 Å². The smallest absolute Gasteiger partial charge is 1.00 e. The van der Waals surface area contributed by atoms with E-state index >= 15 is 0 Å². The zero-order chi connectivity index (χ0) is 9.42. The Balaban J connectivity index is 0.000000980. The predicted octanol–water partition coefficient (Wildman–Crippen LogP) is -2.87. The van der Waals surface area contributed by atoms with E-state index in [2.05, 4.69) is 10.1 Å². The molecule has 0 spiro atoms. The molecule has 0 unspecified atom stereocenters. The summed E-state index contributed by atoms with van der Waals surface area (Å²) in [5, 5.41) is 12.6. The maximum absolute atomic E-state index is 10.7. The maximum atomic E-state index is 10.7. The molecular weight excluding hydrogens is 179 g/mol. The van der Waals surface area contributed by atoms with Gasteiger partial charge in [-0.2, -0.15) is 0 Å². The van der Waals surface area contributed by atoms with E-state index in [-0.39, 0.29) is 37.3 Å². The first-order chi connectivity index (χ1) is 6.20. The Morgan fingerprint density at radius 2 is 2.36 bits per heavy atom. The third-order valence-electron chi connectivity index (χ3n) is 1.64. The fourth-order valence-electron chi connectivity index (χ4n) is 1.11. The third kappa shape index (κ3) is 1.45. The molecule has 0 radical (unpaired) electrons. The monoisotopic (exact) mass is 186 g/mol. The zero-order valence-electron chi connectivity index (χ0n) is 8.51. The first-order valence-electron chi connectivity index (χ1n) is 3.52. The molecule has 0 bridgehead atoms. The van der Waals surface area contributed by atoms with E-state index in [0.29, 0.717) is 0 Å². The molecule has 14 heavy (non-hydrogen) atoms. The van der Waals surface area contributed by atoms with Crippen LogP contribution in [0, 0.1) is 0 Å². The van der Waals surface area contributed by atoms with Crippen LogP contribution in [0.3, 0.4) is 0 Å². The molecule has 2 aromatic rings. The first kappa shape index (κ1) is 10.6. The van der Waals surface area contributed by atoms with Crippen LogP contribution in [0.2, 0.25) is 0 Å². The number of carboxylic acid groups (broad SMARTS) is 1. The van der Waals surface area contributed by atoms with Crippen molar-refractivity contribution in [3.8, 4) is 0 Å². The van der Waals surface area contributed by atoms with Crippen molar-refractivity contribution in [2.24, 2.45) is 0 Å². The van der Waals surface area contributed by atoms with Gasteiger partial charge in [0.25, 0.3) is 0 Å². The van der Waals surface area contributed by atoms with Crippen molar-refractivity contribution in [1.29, 1.82) is 0 Å². The number of rotatable bonds is 1. The van der Waals surface area contributed by atoms with E-state index in [9.17, 15) is 4.79 Å². The second-order valence-electron chi connectivity index (χ2n) is 2.45. The van der Waals surface area contributed by atoms with Crippen molar-refractivity contribution in [3.05, 3.63) is 24.0 Å². The molecule has 0 fully saturated rings. The van der Waals surface area contributed by atoms with Gasteiger partial charge in [0.15, 0.2) is 11.5 Å². The first-order valence-corrected chi connectivity index (χ1v) is 3.52. The Morgan fingerprint density at radius 1 is 1.64 bits per heavy atom. The number of anilines is 1. The summed E-state index contributed by atoms with van der Waals surface area (Å²) in [5.41, 5.74) is 5.60. The predicted molar refractivity (Wildman–Crippen MR) is 45.5 cm³/mol.